The molecule has 1 nitrogen and oxygen atoms in total. The minimum Gasteiger partial charge on any atom is -0.317 e. The molecule has 0 saturated heterocycles. The van der Waals surface area contributed by atoms with Gasteiger partial charge in [-0.3, -0.25) is 0 Å². The van der Waals surface area contributed by atoms with Crippen molar-refractivity contribution in [2.75, 3.05) is 6.61 Å². The van der Waals surface area contributed by atoms with E-state index in [4.69, 9.17) is 11.6 Å². The van der Waals surface area contributed by atoms with Gasteiger partial charge in [-0.05, 0) is 30.7 Å². The normalized spacial score (nSPS) is 11.7. The van der Waals surface area contributed by atoms with Gasteiger partial charge in [0, 0.05) is 5.02 Å². The average molecular weight is 235 g/mol. The first-order valence-electron chi connectivity index (χ1n) is 4.84. The van der Waals surface area contributed by atoms with E-state index in [2.05, 4.69) is 4.74 Å². The first-order chi connectivity index (χ1) is 7.06. The molecule has 0 amide bonds. The maximum Gasteiger partial charge on any atom is 0.383 e. The molecule has 0 radical (unpaired) electrons. The van der Waals surface area contributed by atoms with Gasteiger partial charge in [0.05, 0.1) is 12.2 Å². The molecule has 0 fully saturated rings. The van der Waals surface area contributed by atoms with Crippen LogP contribution in [0.15, 0.2) is 24.3 Å². The topological polar surface area (TPSA) is 9.23 Å². The monoisotopic (exact) mass is 234 g/mol. The summed E-state index contributed by atoms with van der Waals surface area (Å²) in [6, 6.07) is 5.39. The molecule has 0 spiro atoms. The van der Waals surface area contributed by atoms with E-state index in [1.807, 2.05) is 6.92 Å². The quantitative estimate of drug-likeness (QED) is 0.694. The summed E-state index contributed by atoms with van der Waals surface area (Å²) in [5.41, 5.74) is -0.164. The Kier molecular flexibility index (Phi) is 4.48. The fourth-order valence-electron chi connectivity index (χ4n) is 1.07. The van der Waals surface area contributed by atoms with E-state index < -0.39 is 6.11 Å². The number of ether oxygens (including phenoxy) is 1. The fourth-order valence-corrected chi connectivity index (χ4v) is 1.20. The van der Waals surface area contributed by atoms with Crippen LogP contribution in [0.25, 0.3) is 0 Å². The van der Waals surface area contributed by atoms with Crippen molar-refractivity contribution in [2.24, 2.45) is 0 Å². The lowest BCUT2D eigenvalue weighted by molar-refractivity contribution is -0.249. The molecule has 4 heteroatoms. The second-order valence-corrected chi connectivity index (χ2v) is 3.66. The smallest absolute Gasteiger partial charge is 0.317 e. The van der Waals surface area contributed by atoms with Gasteiger partial charge in [0.2, 0.25) is 0 Å². The highest BCUT2D eigenvalue weighted by molar-refractivity contribution is 6.30. The molecule has 1 aromatic rings. The zero-order valence-electron chi connectivity index (χ0n) is 8.47. The lowest BCUT2D eigenvalue weighted by Gasteiger charge is -2.16. The lowest BCUT2D eigenvalue weighted by Crippen LogP contribution is -2.18. The van der Waals surface area contributed by atoms with Gasteiger partial charge in [0.25, 0.3) is 0 Å². The minimum atomic E-state index is -3.22. The predicted octanol–water partition coefficient (Wildman–Crippen LogP) is 4.21. The van der Waals surface area contributed by atoms with Crippen LogP contribution in [-0.2, 0) is 10.8 Å². The standard InChI is InChI=1S/C11H13ClF2O/c1-2-3-8-15-11(13,14)9-4-6-10(12)7-5-9/h4-7H,2-3,8H2,1H3. The summed E-state index contributed by atoms with van der Waals surface area (Å²) in [7, 11) is 0. The molecule has 0 aromatic heterocycles. The van der Waals surface area contributed by atoms with Crippen molar-refractivity contribution in [3.8, 4) is 0 Å². The maximum atomic E-state index is 13.3. The van der Waals surface area contributed by atoms with Crippen LogP contribution in [0, 0.1) is 0 Å². The highest BCUT2D eigenvalue weighted by Gasteiger charge is 2.32. The SMILES string of the molecule is CCCCOC(F)(F)c1ccc(Cl)cc1. The Bertz CT molecular complexity index is 298. The molecule has 1 aromatic carbocycles. The Labute approximate surface area is 93.0 Å². The number of alkyl halides is 2. The Morgan fingerprint density at radius 3 is 2.40 bits per heavy atom. The fraction of sp³-hybridized carbons (Fsp3) is 0.455. The summed E-state index contributed by atoms with van der Waals surface area (Å²) < 4.78 is 31.2. The molecule has 84 valence electrons. The van der Waals surface area contributed by atoms with Crippen LogP contribution in [0.4, 0.5) is 8.78 Å². The van der Waals surface area contributed by atoms with Gasteiger partial charge in [0.1, 0.15) is 0 Å². The van der Waals surface area contributed by atoms with Crippen LogP contribution < -0.4 is 0 Å². The first kappa shape index (κ1) is 12.4. The van der Waals surface area contributed by atoms with E-state index in [-0.39, 0.29) is 12.2 Å². The Balaban J connectivity index is 2.63. The van der Waals surface area contributed by atoms with Crippen LogP contribution in [0.2, 0.25) is 5.02 Å². The largest absolute Gasteiger partial charge is 0.383 e. The van der Waals surface area contributed by atoms with Crippen molar-refractivity contribution < 1.29 is 13.5 Å². The van der Waals surface area contributed by atoms with Crippen molar-refractivity contribution in [3.63, 3.8) is 0 Å². The first-order valence-corrected chi connectivity index (χ1v) is 5.22. The number of benzene rings is 1. The van der Waals surface area contributed by atoms with Gasteiger partial charge >= 0.3 is 6.11 Å². The summed E-state index contributed by atoms with van der Waals surface area (Å²) in [4.78, 5) is 0. The summed E-state index contributed by atoms with van der Waals surface area (Å²) in [6.07, 6.45) is -1.76. The van der Waals surface area contributed by atoms with E-state index in [1.54, 1.807) is 0 Å². The number of rotatable bonds is 5. The van der Waals surface area contributed by atoms with Crippen LogP contribution in [0.1, 0.15) is 25.3 Å². The van der Waals surface area contributed by atoms with E-state index in [9.17, 15) is 8.78 Å². The van der Waals surface area contributed by atoms with Crippen LogP contribution in [0.5, 0.6) is 0 Å². The summed E-state index contributed by atoms with van der Waals surface area (Å²) in [5.74, 6) is 0. The molecule has 0 bridgehead atoms. The molecule has 0 aliphatic carbocycles. The molecule has 0 saturated carbocycles. The third-order valence-electron chi connectivity index (χ3n) is 1.96. The van der Waals surface area contributed by atoms with Crippen molar-refractivity contribution in [3.05, 3.63) is 34.9 Å². The van der Waals surface area contributed by atoms with Crippen molar-refractivity contribution in [1.29, 1.82) is 0 Å². The zero-order valence-corrected chi connectivity index (χ0v) is 9.23. The van der Waals surface area contributed by atoms with Crippen LogP contribution in [0.3, 0.4) is 0 Å². The minimum absolute atomic E-state index is 0.0616. The third kappa shape index (κ3) is 3.76. The van der Waals surface area contributed by atoms with Crippen LogP contribution in [-0.4, -0.2) is 6.61 Å². The number of halogens is 3. The lowest BCUT2D eigenvalue weighted by atomic mass is 10.2. The van der Waals surface area contributed by atoms with Crippen molar-refractivity contribution >= 4 is 11.6 Å². The van der Waals surface area contributed by atoms with E-state index in [0.29, 0.717) is 11.4 Å². The third-order valence-corrected chi connectivity index (χ3v) is 2.21. The Hall–Kier alpha value is -0.670. The highest BCUT2D eigenvalue weighted by Crippen LogP contribution is 2.30. The van der Waals surface area contributed by atoms with Crippen molar-refractivity contribution in [2.45, 2.75) is 25.9 Å². The predicted molar refractivity (Wildman–Crippen MR) is 56.2 cm³/mol. The number of hydrogen-bond acceptors (Lipinski definition) is 1. The molecular formula is C11H13ClF2O. The van der Waals surface area contributed by atoms with E-state index >= 15 is 0 Å². The molecule has 0 unspecified atom stereocenters. The molecule has 0 aliphatic rings. The average Bonchev–Trinajstić information content (AvgIpc) is 2.18. The van der Waals surface area contributed by atoms with Gasteiger partial charge in [0.15, 0.2) is 0 Å². The maximum absolute atomic E-state index is 13.3. The molecule has 1 rings (SSSR count). The highest BCUT2D eigenvalue weighted by atomic mass is 35.5. The van der Waals surface area contributed by atoms with Crippen molar-refractivity contribution in [1.82, 2.24) is 0 Å². The van der Waals surface area contributed by atoms with E-state index in [0.717, 1.165) is 6.42 Å². The second-order valence-electron chi connectivity index (χ2n) is 3.23. The van der Waals surface area contributed by atoms with E-state index in [1.165, 1.54) is 24.3 Å². The second kappa shape index (κ2) is 5.42. The Morgan fingerprint density at radius 2 is 1.87 bits per heavy atom. The van der Waals surface area contributed by atoms with Gasteiger partial charge < -0.3 is 4.74 Å². The van der Waals surface area contributed by atoms with Gasteiger partial charge in [-0.25, -0.2) is 0 Å². The summed E-state index contributed by atoms with van der Waals surface area (Å²) in [5, 5.41) is 0.433. The van der Waals surface area contributed by atoms with Gasteiger partial charge in [-0.2, -0.15) is 8.78 Å². The summed E-state index contributed by atoms with van der Waals surface area (Å²) >= 11 is 5.60. The molecular weight excluding hydrogens is 222 g/mol. The molecule has 15 heavy (non-hydrogen) atoms. The Morgan fingerprint density at radius 1 is 1.27 bits per heavy atom. The molecule has 0 atom stereocenters. The molecule has 0 aliphatic heterocycles. The molecule has 0 N–H and O–H groups in total. The zero-order chi connectivity index (χ0) is 11.3. The van der Waals surface area contributed by atoms with Gasteiger partial charge in [-0.15, -0.1) is 0 Å². The summed E-state index contributed by atoms with van der Waals surface area (Å²) in [6.45, 7) is 1.98. The number of hydrogen-bond donors (Lipinski definition) is 0. The van der Waals surface area contributed by atoms with Gasteiger partial charge in [-0.1, -0.05) is 24.9 Å². The number of unbranched alkanes of at least 4 members (excludes halogenated alkanes) is 1. The molecule has 0 heterocycles. The van der Waals surface area contributed by atoms with Crippen LogP contribution >= 0.6 is 11.6 Å².